The number of nitrogens with zero attached hydrogens (tertiary/aromatic N) is 2. The number of anilines is 2. The third-order valence-electron chi connectivity index (χ3n) is 3.84. The molecule has 4 rings (SSSR count). The molecular formula is C19H14ClFN3S-. The maximum atomic E-state index is 13.1. The van der Waals surface area contributed by atoms with E-state index in [2.05, 4.69) is 51.9 Å². The van der Waals surface area contributed by atoms with Gasteiger partial charge in [-0.15, -0.1) is 11.3 Å². The minimum Gasteiger partial charge on any atom is -1.00 e. The summed E-state index contributed by atoms with van der Waals surface area (Å²) in [5.41, 5.74) is 4.24. The van der Waals surface area contributed by atoms with Gasteiger partial charge in [0.2, 0.25) is 0 Å². The van der Waals surface area contributed by atoms with Crippen LogP contribution >= 0.6 is 11.3 Å². The minimum atomic E-state index is -0.260. The van der Waals surface area contributed by atoms with Crippen molar-refractivity contribution < 1.29 is 16.8 Å². The van der Waals surface area contributed by atoms with Gasteiger partial charge in [0, 0.05) is 16.6 Å². The number of aryl methyl sites for hydroxylation is 1. The summed E-state index contributed by atoms with van der Waals surface area (Å²) < 4.78 is 13.1. The van der Waals surface area contributed by atoms with Crippen LogP contribution < -0.4 is 17.7 Å². The van der Waals surface area contributed by atoms with Crippen molar-refractivity contribution in [3.8, 4) is 11.1 Å². The normalized spacial score (nSPS) is 10.5. The van der Waals surface area contributed by atoms with Crippen LogP contribution in [0.3, 0.4) is 0 Å². The maximum Gasteiger partial charge on any atom is 0.143 e. The number of halogens is 2. The number of hydrogen-bond acceptors (Lipinski definition) is 4. The molecule has 0 saturated carbocycles. The SMILES string of the molecule is Cc1ccc(-c2csc3ncnc(Nc4ccc(F)cc4)c23)cc1.[Cl-]. The van der Waals surface area contributed by atoms with Crippen molar-refractivity contribution in [1.82, 2.24) is 9.97 Å². The van der Waals surface area contributed by atoms with E-state index in [9.17, 15) is 4.39 Å². The minimum absolute atomic E-state index is 0. The van der Waals surface area contributed by atoms with Gasteiger partial charge in [-0.3, -0.25) is 0 Å². The predicted molar refractivity (Wildman–Crippen MR) is 97.3 cm³/mol. The van der Waals surface area contributed by atoms with Crippen molar-refractivity contribution in [1.29, 1.82) is 0 Å². The number of hydrogen-bond donors (Lipinski definition) is 1. The fourth-order valence-electron chi connectivity index (χ4n) is 2.59. The Morgan fingerprint density at radius 1 is 0.960 bits per heavy atom. The maximum absolute atomic E-state index is 13.1. The third kappa shape index (κ3) is 3.48. The molecule has 0 saturated heterocycles. The Bertz CT molecular complexity index is 998. The highest BCUT2D eigenvalue weighted by molar-refractivity contribution is 7.17. The molecule has 0 unspecified atom stereocenters. The molecule has 0 spiro atoms. The molecule has 0 atom stereocenters. The van der Waals surface area contributed by atoms with Gasteiger partial charge in [0.15, 0.2) is 0 Å². The highest BCUT2D eigenvalue weighted by Crippen LogP contribution is 2.37. The first-order valence-corrected chi connectivity index (χ1v) is 8.40. The fourth-order valence-corrected chi connectivity index (χ4v) is 3.50. The van der Waals surface area contributed by atoms with Crippen molar-refractivity contribution in [2.24, 2.45) is 0 Å². The average Bonchev–Trinajstić information content (AvgIpc) is 3.03. The molecule has 2 heterocycles. The summed E-state index contributed by atoms with van der Waals surface area (Å²) in [5.74, 6) is 0.465. The molecule has 0 fully saturated rings. The van der Waals surface area contributed by atoms with Crippen molar-refractivity contribution in [3.63, 3.8) is 0 Å². The van der Waals surface area contributed by atoms with E-state index < -0.39 is 0 Å². The Labute approximate surface area is 155 Å². The van der Waals surface area contributed by atoms with Gasteiger partial charge < -0.3 is 17.7 Å². The van der Waals surface area contributed by atoms with Gasteiger partial charge in [0.1, 0.15) is 22.8 Å². The molecule has 2 aromatic heterocycles. The van der Waals surface area contributed by atoms with Gasteiger partial charge in [-0.25, -0.2) is 14.4 Å². The van der Waals surface area contributed by atoms with Crippen molar-refractivity contribution in [2.75, 3.05) is 5.32 Å². The van der Waals surface area contributed by atoms with Gasteiger partial charge in [-0.05, 0) is 36.8 Å². The van der Waals surface area contributed by atoms with Crippen molar-refractivity contribution in [2.45, 2.75) is 6.92 Å². The summed E-state index contributed by atoms with van der Waals surface area (Å²) >= 11 is 1.59. The van der Waals surface area contributed by atoms with Crippen LogP contribution in [0.25, 0.3) is 21.3 Å². The van der Waals surface area contributed by atoms with E-state index in [1.807, 2.05) is 0 Å². The molecule has 1 N–H and O–H groups in total. The second-order valence-corrected chi connectivity index (χ2v) is 6.41. The van der Waals surface area contributed by atoms with E-state index in [1.54, 1.807) is 29.8 Å². The van der Waals surface area contributed by atoms with Crippen LogP contribution in [-0.2, 0) is 0 Å². The molecule has 0 aliphatic rings. The summed E-state index contributed by atoms with van der Waals surface area (Å²) in [5, 5.41) is 6.35. The number of benzene rings is 2. The lowest BCUT2D eigenvalue weighted by molar-refractivity contribution is -0.00000538. The fraction of sp³-hybridized carbons (Fsp3) is 0.0526. The van der Waals surface area contributed by atoms with E-state index in [-0.39, 0.29) is 18.2 Å². The highest BCUT2D eigenvalue weighted by Gasteiger charge is 2.13. The lowest BCUT2D eigenvalue weighted by atomic mass is 10.0. The van der Waals surface area contributed by atoms with E-state index in [1.165, 1.54) is 17.7 Å². The Morgan fingerprint density at radius 2 is 1.68 bits per heavy atom. The molecule has 4 aromatic rings. The molecule has 2 aromatic carbocycles. The number of thiophene rings is 1. The monoisotopic (exact) mass is 370 g/mol. The van der Waals surface area contributed by atoms with Crippen LogP contribution in [0, 0.1) is 12.7 Å². The average molecular weight is 371 g/mol. The number of aromatic nitrogens is 2. The molecule has 3 nitrogen and oxygen atoms in total. The lowest BCUT2D eigenvalue weighted by Gasteiger charge is -2.08. The Balaban J connectivity index is 0.00000182. The summed E-state index contributed by atoms with van der Waals surface area (Å²) in [4.78, 5) is 9.68. The van der Waals surface area contributed by atoms with Gasteiger partial charge in [-0.2, -0.15) is 0 Å². The zero-order valence-corrected chi connectivity index (χ0v) is 14.9. The molecule has 0 radical (unpaired) electrons. The van der Waals surface area contributed by atoms with Crippen LogP contribution in [0.5, 0.6) is 0 Å². The molecule has 25 heavy (non-hydrogen) atoms. The molecule has 0 aliphatic heterocycles. The quantitative estimate of drug-likeness (QED) is 0.602. The highest BCUT2D eigenvalue weighted by atomic mass is 35.5. The molecule has 126 valence electrons. The zero-order valence-electron chi connectivity index (χ0n) is 13.3. The van der Waals surface area contributed by atoms with Crippen LogP contribution in [0.1, 0.15) is 5.56 Å². The van der Waals surface area contributed by atoms with Gasteiger partial charge >= 0.3 is 0 Å². The zero-order chi connectivity index (χ0) is 16.5. The van der Waals surface area contributed by atoms with Gasteiger partial charge in [0.25, 0.3) is 0 Å². The number of nitrogens with one attached hydrogen (secondary N) is 1. The first-order chi connectivity index (χ1) is 11.7. The Kier molecular flexibility index (Phi) is 4.97. The smallest absolute Gasteiger partial charge is 0.143 e. The number of rotatable bonds is 3. The van der Waals surface area contributed by atoms with Gasteiger partial charge in [0.05, 0.1) is 5.39 Å². The molecule has 0 aliphatic carbocycles. The van der Waals surface area contributed by atoms with Crippen molar-refractivity contribution in [3.05, 3.63) is 71.6 Å². The third-order valence-corrected chi connectivity index (χ3v) is 4.73. The van der Waals surface area contributed by atoms with E-state index in [4.69, 9.17) is 0 Å². The van der Waals surface area contributed by atoms with Crippen LogP contribution in [0.4, 0.5) is 15.9 Å². The molecule has 0 amide bonds. The molecule has 0 bridgehead atoms. The second-order valence-electron chi connectivity index (χ2n) is 5.55. The first kappa shape index (κ1) is 17.3. The van der Waals surface area contributed by atoms with Gasteiger partial charge in [-0.1, -0.05) is 29.8 Å². The Morgan fingerprint density at radius 3 is 2.40 bits per heavy atom. The summed E-state index contributed by atoms with van der Waals surface area (Å²) in [6, 6.07) is 14.6. The standard InChI is InChI=1S/C19H14FN3S.ClH/c1-12-2-4-13(5-3-12)16-10-24-19-17(16)18(21-11-22-19)23-15-8-6-14(20)7-9-15;/h2-11H,1H3,(H,21,22,23);1H/p-1. The van der Waals surface area contributed by atoms with E-state index in [0.29, 0.717) is 0 Å². The summed E-state index contributed by atoms with van der Waals surface area (Å²) in [6.07, 6.45) is 1.55. The number of fused-ring (bicyclic) bond motifs is 1. The first-order valence-electron chi connectivity index (χ1n) is 7.52. The predicted octanol–water partition coefficient (Wildman–Crippen LogP) is 2.55. The van der Waals surface area contributed by atoms with Crippen LogP contribution in [0.15, 0.2) is 60.2 Å². The molecule has 6 heteroatoms. The van der Waals surface area contributed by atoms with E-state index in [0.717, 1.165) is 32.8 Å². The van der Waals surface area contributed by atoms with Crippen LogP contribution in [-0.4, -0.2) is 9.97 Å². The largest absolute Gasteiger partial charge is 1.00 e. The summed E-state index contributed by atoms with van der Waals surface area (Å²) in [7, 11) is 0. The van der Waals surface area contributed by atoms with E-state index >= 15 is 0 Å². The summed E-state index contributed by atoms with van der Waals surface area (Å²) in [6.45, 7) is 2.07. The lowest BCUT2D eigenvalue weighted by Crippen LogP contribution is -3.00. The second kappa shape index (κ2) is 7.17. The molecular weight excluding hydrogens is 357 g/mol. The van der Waals surface area contributed by atoms with Crippen LogP contribution in [0.2, 0.25) is 0 Å². The van der Waals surface area contributed by atoms with Crippen molar-refractivity contribution >= 4 is 33.1 Å². The Hall–Kier alpha value is -2.50. The topological polar surface area (TPSA) is 37.8 Å².